The Bertz CT molecular complexity index is 1060. The third-order valence-electron chi connectivity index (χ3n) is 5.48. The molecule has 7 heteroatoms. The van der Waals surface area contributed by atoms with Gasteiger partial charge in [0.25, 0.3) is 17.7 Å². The van der Waals surface area contributed by atoms with Crippen molar-refractivity contribution < 1.29 is 14.4 Å². The quantitative estimate of drug-likeness (QED) is 0.754. The van der Waals surface area contributed by atoms with Crippen molar-refractivity contribution in [3.05, 3.63) is 50.9 Å². The van der Waals surface area contributed by atoms with Crippen LogP contribution in [0.1, 0.15) is 79.7 Å². The first-order valence-corrected chi connectivity index (χ1v) is 10.7. The van der Waals surface area contributed by atoms with Crippen molar-refractivity contribution in [2.45, 2.75) is 45.4 Å². The summed E-state index contributed by atoms with van der Waals surface area (Å²) in [6.45, 7) is 2.38. The molecule has 4 rings (SSSR count). The van der Waals surface area contributed by atoms with Crippen molar-refractivity contribution in [2.75, 3.05) is 11.9 Å². The number of benzene rings is 1. The molecule has 1 aliphatic heterocycles. The van der Waals surface area contributed by atoms with Crippen LogP contribution < -0.4 is 5.32 Å². The highest BCUT2D eigenvalue weighted by molar-refractivity contribution is 7.16. The molecule has 2 aliphatic rings. The standard InChI is InChI=1S/C22H21N3O3S/c1-2-3-10-25-21(27)15-9-8-13(11-16(15)22(25)28)19(26)24-20-17(12-23)14-6-4-5-7-18(14)29-20/h8-9,11H,2-7,10H2,1H3,(H,24,26). The maximum atomic E-state index is 12.8. The van der Waals surface area contributed by atoms with Crippen LogP contribution in [0, 0.1) is 11.3 Å². The molecule has 2 heterocycles. The van der Waals surface area contributed by atoms with Crippen LogP contribution in [0.4, 0.5) is 5.00 Å². The predicted molar refractivity (Wildman–Crippen MR) is 110 cm³/mol. The Morgan fingerprint density at radius 3 is 2.72 bits per heavy atom. The van der Waals surface area contributed by atoms with Gasteiger partial charge in [0.15, 0.2) is 0 Å². The summed E-state index contributed by atoms with van der Waals surface area (Å²) in [4.78, 5) is 40.3. The van der Waals surface area contributed by atoms with E-state index in [2.05, 4.69) is 11.4 Å². The van der Waals surface area contributed by atoms with E-state index in [1.165, 1.54) is 27.2 Å². The first-order chi connectivity index (χ1) is 14.0. The first kappa shape index (κ1) is 19.3. The van der Waals surface area contributed by atoms with Gasteiger partial charge in [-0.2, -0.15) is 5.26 Å². The van der Waals surface area contributed by atoms with Crippen LogP contribution in [0.3, 0.4) is 0 Å². The van der Waals surface area contributed by atoms with Crippen molar-refractivity contribution in [1.82, 2.24) is 4.90 Å². The van der Waals surface area contributed by atoms with Gasteiger partial charge in [-0.05, 0) is 55.9 Å². The number of nitrogens with zero attached hydrogens (tertiary/aromatic N) is 2. The molecule has 1 aliphatic carbocycles. The molecule has 0 unspecified atom stereocenters. The van der Waals surface area contributed by atoms with E-state index < -0.39 is 0 Å². The number of unbranched alkanes of at least 4 members (excludes halogenated alkanes) is 1. The number of anilines is 1. The molecule has 0 atom stereocenters. The van der Waals surface area contributed by atoms with Crippen molar-refractivity contribution in [2.24, 2.45) is 0 Å². The van der Waals surface area contributed by atoms with Crippen LogP contribution in [0.2, 0.25) is 0 Å². The average Bonchev–Trinajstić information content (AvgIpc) is 3.20. The minimum atomic E-state index is -0.379. The van der Waals surface area contributed by atoms with Gasteiger partial charge in [-0.1, -0.05) is 13.3 Å². The zero-order valence-corrected chi connectivity index (χ0v) is 17.0. The number of imide groups is 1. The average molecular weight is 407 g/mol. The predicted octanol–water partition coefficient (Wildman–Crippen LogP) is 4.15. The lowest BCUT2D eigenvalue weighted by Gasteiger charge is -2.12. The first-order valence-electron chi connectivity index (χ1n) is 9.91. The summed E-state index contributed by atoms with van der Waals surface area (Å²) in [5.74, 6) is -1.03. The van der Waals surface area contributed by atoms with E-state index in [4.69, 9.17) is 0 Å². The highest BCUT2D eigenvalue weighted by Gasteiger charge is 2.35. The van der Waals surface area contributed by atoms with E-state index in [1.807, 2.05) is 6.92 Å². The molecule has 0 bridgehead atoms. The summed E-state index contributed by atoms with van der Waals surface area (Å²) < 4.78 is 0. The highest BCUT2D eigenvalue weighted by atomic mass is 32.1. The lowest BCUT2D eigenvalue weighted by atomic mass is 9.96. The van der Waals surface area contributed by atoms with Gasteiger partial charge in [0.05, 0.1) is 16.7 Å². The zero-order chi connectivity index (χ0) is 20.5. The molecule has 1 aromatic heterocycles. The Labute approximate surface area is 173 Å². The van der Waals surface area contributed by atoms with E-state index in [0.29, 0.717) is 28.2 Å². The Morgan fingerprint density at radius 2 is 1.97 bits per heavy atom. The number of nitriles is 1. The Hall–Kier alpha value is -2.98. The normalized spacial score (nSPS) is 15.1. The van der Waals surface area contributed by atoms with Crippen LogP contribution in [-0.2, 0) is 12.8 Å². The summed E-state index contributed by atoms with van der Waals surface area (Å²) in [7, 11) is 0. The largest absolute Gasteiger partial charge is 0.312 e. The number of fused-ring (bicyclic) bond motifs is 2. The van der Waals surface area contributed by atoms with Gasteiger partial charge in [0.2, 0.25) is 0 Å². The molecule has 1 aromatic carbocycles. The Balaban J connectivity index is 1.59. The number of thiophene rings is 1. The topological polar surface area (TPSA) is 90.3 Å². The number of amides is 3. The molecule has 0 saturated heterocycles. The van der Waals surface area contributed by atoms with Gasteiger partial charge in [0.1, 0.15) is 11.1 Å². The molecule has 148 valence electrons. The van der Waals surface area contributed by atoms with Crippen molar-refractivity contribution in [3.8, 4) is 6.07 Å². The molecule has 0 radical (unpaired) electrons. The fourth-order valence-corrected chi connectivity index (χ4v) is 5.13. The number of carbonyl (C=O) groups excluding carboxylic acids is 3. The molecular formula is C22H21N3O3S. The summed E-state index contributed by atoms with van der Waals surface area (Å²) >= 11 is 1.46. The van der Waals surface area contributed by atoms with Crippen LogP contribution in [0.25, 0.3) is 0 Å². The van der Waals surface area contributed by atoms with Gasteiger partial charge in [0, 0.05) is 17.0 Å². The van der Waals surface area contributed by atoms with E-state index in [-0.39, 0.29) is 23.3 Å². The van der Waals surface area contributed by atoms with Crippen LogP contribution in [-0.4, -0.2) is 29.2 Å². The SMILES string of the molecule is CCCCN1C(=O)c2ccc(C(=O)Nc3sc4c(c3C#N)CCCC4)cc2C1=O. The second-order valence-corrected chi connectivity index (χ2v) is 8.46. The minimum absolute atomic E-state index is 0.268. The number of aryl methyl sites for hydroxylation is 1. The molecule has 0 fully saturated rings. The van der Waals surface area contributed by atoms with Gasteiger partial charge >= 0.3 is 0 Å². The summed E-state index contributed by atoms with van der Waals surface area (Å²) in [6, 6.07) is 6.81. The monoisotopic (exact) mass is 407 g/mol. The summed E-state index contributed by atoms with van der Waals surface area (Å²) in [5, 5.41) is 13.0. The molecule has 3 amide bonds. The molecule has 0 spiro atoms. The lowest BCUT2D eigenvalue weighted by molar-refractivity contribution is 0.0652. The number of carbonyl (C=O) groups is 3. The minimum Gasteiger partial charge on any atom is -0.312 e. The number of hydrogen-bond acceptors (Lipinski definition) is 5. The second-order valence-electron chi connectivity index (χ2n) is 7.36. The van der Waals surface area contributed by atoms with Crippen LogP contribution in [0.5, 0.6) is 0 Å². The number of rotatable bonds is 5. The van der Waals surface area contributed by atoms with E-state index in [1.54, 1.807) is 12.1 Å². The molecular weight excluding hydrogens is 386 g/mol. The fraction of sp³-hybridized carbons (Fsp3) is 0.364. The third kappa shape index (κ3) is 3.34. The molecule has 29 heavy (non-hydrogen) atoms. The highest BCUT2D eigenvalue weighted by Crippen LogP contribution is 2.38. The van der Waals surface area contributed by atoms with Gasteiger partial charge in [-0.3, -0.25) is 19.3 Å². The van der Waals surface area contributed by atoms with Crippen LogP contribution in [0.15, 0.2) is 18.2 Å². The Morgan fingerprint density at radius 1 is 1.21 bits per heavy atom. The zero-order valence-electron chi connectivity index (χ0n) is 16.2. The van der Waals surface area contributed by atoms with E-state index >= 15 is 0 Å². The molecule has 1 N–H and O–H groups in total. The van der Waals surface area contributed by atoms with Gasteiger partial charge < -0.3 is 5.32 Å². The Kier molecular flexibility index (Phi) is 5.20. The van der Waals surface area contributed by atoms with Crippen molar-refractivity contribution in [1.29, 1.82) is 5.26 Å². The fourth-order valence-electron chi connectivity index (χ4n) is 3.90. The van der Waals surface area contributed by atoms with Crippen molar-refractivity contribution in [3.63, 3.8) is 0 Å². The summed E-state index contributed by atoms with van der Waals surface area (Å²) in [5.41, 5.74) is 2.52. The number of hydrogen-bond donors (Lipinski definition) is 1. The van der Waals surface area contributed by atoms with Gasteiger partial charge in [-0.15, -0.1) is 11.3 Å². The second kappa shape index (κ2) is 7.80. The maximum absolute atomic E-state index is 12.8. The molecule has 6 nitrogen and oxygen atoms in total. The molecule has 2 aromatic rings. The smallest absolute Gasteiger partial charge is 0.261 e. The number of nitrogens with one attached hydrogen (secondary N) is 1. The van der Waals surface area contributed by atoms with Crippen molar-refractivity contribution >= 4 is 34.1 Å². The van der Waals surface area contributed by atoms with Crippen LogP contribution >= 0.6 is 11.3 Å². The van der Waals surface area contributed by atoms with E-state index in [0.717, 1.165) is 44.1 Å². The van der Waals surface area contributed by atoms with Gasteiger partial charge in [-0.25, -0.2) is 0 Å². The third-order valence-corrected chi connectivity index (χ3v) is 6.69. The van der Waals surface area contributed by atoms with E-state index in [9.17, 15) is 19.6 Å². The maximum Gasteiger partial charge on any atom is 0.261 e. The lowest BCUT2D eigenvalue weighted by Crippen LogP contribution is -2.30. The molecule has 0 saturated carbocycles. The summed E-state index contributed by atoms with van der Waals surface area (Å²) in [6.07, 6.45) is 5.59.